The average Bonchev–Trinajstić information content (AvgIpc) is 3.47. The van der Waals surface area contributed by atoms with E-state index in [1.807, 2.05) is 67.6 Å². The van der Waals surface area contributed by atoms with E-state index in [0.717, 1.165) is 28.3 Å². The van der Waals surface area contributed by atoms with Crippen molar-refractivity contribution in [2.75, 3.05) is 18.7 Å². The first-order valence-corrected chi connectivity index (χ1v) is 11.8. The molecule has 8 nitrogen and oxygen atoms in total. The Balaban J connectivity index is 1.39. The summed E-state index contributed by atoms with van der Waals surface area (Å²) in [5, 5.41) is 15.9. The van der Waals surface area contributed by atoms with Gasteiger partial charge in [0.2, 0.25) is 0 Å². The average molecular weight is 481 g/mol. The van der Waals surface area contributed by atoms with Gasteiger partial charge < -0.3 is 14.2 Å². The highest BCUT2D eigenvalue weighted by atomic mass is 16.7. The Kier molecular flexibility index (Phi) is 5.35. The van der Waals surface area contributed by atoms with Crippen molar-refractivity contribution < 1.29 is 19.0 Å². The van der Waals surface area contributed by atoms with E-state index < -0.39 is 12.5 Å². The lowest BCUT2D eigenvalue weighted by Gasteiger charge is -2.33. The Labute approximate surface area is 208 Å². The molecule has 4 atom stereocenters. The van der Waals surface area contributed by atoms with Crippen LogP contribution in [0.15, 0.2) is 77.9 Å². The third-order valence-electron chi connectivity index (χ3n) is 6.98. The van der Waals surface area contributed by atoms with Gasteiger partial charge >= 0.3 is 0 Å². The zero-order chi connectivity index (χ0) is 24.8. The summed E-state index contributed by atoms with van der Waals surface area (Å²) < 4.78 is 17.2. The van der Waals surface area contributed by atoms with Crippen LogP contribution in [-0.4, -0.2) is 42.7 Å². The fraction of sp³-hybridized carbons (Fsp3) is 0.250. The fourth-order valence-electron chi connectivity index (χ4n) is 5.09. The number of hydrogen-bond donors (Lipinski definition) is 0. The maximum Gasteiger partial charge on any atom is 0.286 e. The zero-order valence-corrected chi connectivity index (χ0v) is 19.9. The molecule has 3 heterocycles. The molecule has 0 aliphatic carbocycles. The van der Waals surface area contributed by atoms with Gasteiger partial charge in [0.15, 0.2) is 0 Å². The number of hydrogen-bond acceptors (Lipinski definition) is 7. The second-order valence-corrected chi connectivity index (χ2v) is 9.04. The van der Waals surface area contributed by atoms with Crippen LogP contribution in [-0.2, 0) is 9.53 Å². The molecule has 36 heavy (non-hydrogen) atoms. The summed E-state index contributed by atoms with van der Waals surface area (Å²) >= 11 is 0. The van der Waals surface area contributed by atoms with E-state index >= 15 is 0 Å². The van der Waals surface area contributed by atoms with Crippen LogP contribution in [0.3, 0.4) is 0 Å². The summed E-state index contributed by atoms with van der Waals surface area (Å²) in [5.74, 6) is 1.04. The summed E-state index contributed by atoms with van der Waals surface area (Å²) in [6.45, 7) is 2.37. The van der Waals surface area contributed by atoms with Crippen LogP contribution in [0.25, 0.3) is 0 Å². The molecule has 8 heteroatoms. The van der Waals surface area contributed by atoms with Crippen molar-refractivity contribution in [1.29, 1.82) is 5.26 Å². The molecule has 4 bridgehead atoms. The lowest BCUT2D eigenvalue weighted by atomic mass is 9.91. The van der Waals surface area contributed by atoms with Gasteiger partial charge in [-0.25, -0.2) is 0 Å². The molecular weight excluding hydrogens is 456 g/mol. The van der Waals surface area contributed by atoms with E-state index in [9.17, 15) is 10.1 Å². The Hall–Kier alpha value is -4.35. The molecule has 0 N–H and O–H groups in total. The summed E-state index contributed by atoms with van der Waals surface area (Å²) in [7, 11) is 1.62. The van der Waals surface area contributed by atoms with Gasteiger partial charge in [-0.15, -0.1) is 0 Å². The van der Waals surface area contributed by atoms with E-state index in [1.165, 1.54) is 0 Å². The lowest BCUT2D eigenvalue weighted by Crippen LogP contribution is -2.51. The van der Waals surface area contributed by atoms with Gasteiger partial charge in [0.1, 0.15) is 17.5 Å². The Morgan fingerprint density at radius 2 is 1.89 bits per heavy atom. The van der Waals surface area contributed by atoms with Gasteiger partial charge in [-0.3, -0.25) is 14.7 Å². The summed E-state index contributed by atoms with van der Waals surface area (Å²) in [6, 6.07) is 23.8. The summed E-state index contributed by atoms with van der Waals surface area (Å²) in [6.07, 6.45) is -0.800. The number of ether oxygens (including phenoxy) is 3. The second kappa shape index (κ2) is 8.70. The third kappa shape index (κ3) is 3.56. The van der Waals surface area contributed by atoms with E-state index in [-0.39, 0.29) is 17.9 Å². The highest BCUT2D eigenvalue weighted by Crippen LogP contribution is 2.40. The van der Waals surface area contributed by atoms with Crippen molar-refractivity contribution in [2.45, 2.75) is 25.4 Å². The normalized spacial score (nSPS) is 24.0. The van der Waals surface area contributed by atoms with Crippen LogP contribution < -0.4 is 14.5 Å². The van der Waals surface area contributed by atoms with E-state index in [1.54, 1.807) is 29.2 Å². The second-order valence-electron chi connectivity index (χ2n) is 9.04. The summed E-state index contributed by atoms with van der Waals surface area (Å²) in [5.41, 5.74) is 3.97. The van der Waals surface area contributed by atoms with Crippen molar-refractivity contribution in [3.63, 3.8) is 0 Å². The quantitative estimate of drug-likeness (QED) is 0.560. The lowest BCUT2D eigenvalue weighted by molar-refractivity contribution is -0.159. The van der Waals surface area contributed by atoms with E-state index in [2.05, 4.69) is 6.07 Å². The zero-order valence-electron chi connectivity index (χ0n) is 19.9. The van der Waals surface area contributed by atoms with Crippen molar-refractivity contribution in [3.8, 4) is 17.6 Å². The maximum atomic E-state index is 14.3. The molecule has 3 aromatic carbocycles. The first-order valence-electron chi connectivity index (χ1n) is 11.8. The van der Waals surface area contributed by atoms with Crippen LogP contribution >= 0.6 is 0 Å². The van der Waals surface area contributed by atoms with Crippen molar-refractivity contribution in [1.82, 2.24) is 4.90 Å². The minimum atomic E-state index is -0.800. The molecule has 0 aromatic heterocycles. The number of nitriles is 1. The van der Waals surface area contributed by atoms with Crippen molar-refractivity contribution in [3.05, 3.63) is 89.5 Å². The Bertz CT molecular complexity index is 1380. The molecular formula is C28H24N4O4. The number of fused-ring (bicyclic) bond motifs is 5. The minimum Gasteiger partial charge on any atom is -0.497 e. The number of hydrazone groups is 1. The number of rotatable bonds is 4. The van der Waals surface area contributed by atoms with E-state index in [4.69, 9.17) is 19.3 Å². The van der Waals surface area contributed by atoms with Gasteiger partial charge in [-0.1, -0.05) is 31.2 Å². The van der Waals surface area contributed by atoms with Crippen molar-refractivity contribution in [2.24, 2.45) is 11.0 Å². The first-order chi connectivity index (χ1) is 17.6. The largest absolute Gasteiger partial charge is 0.497 e. The number of nitrogens with zero attached hydrogens (tertiary/aromatic N) is 4. The SMILES string of the molecule is COc1ccc(N2N=C(c3ccc(C#N)cc3)C(C)C2C(=O)N2C3OCC2c2cccc(c2)O3)cc1. The first kappa shape index (κ1) is 22.1. The monoisotopic (exact) mass is 480 g/mol. The number of amides is 1. The molecule has 6 rings (SSSR count). The Morgan fingerprint density at radius 3 is 2.61 bits per heavy atom. The van der Waals surface area contributed by atoms with Gasteiger partial charge in [0.05, 0.1) is 42.8 Å². The molecule has 3 aliphatic heterocycles. The molecule has 1 saturated heterocycles. The predicted octanol–water partition coefficient (Wildman–Crippen LogP) is 4.07. The van der Waals surface area contributed by atoms with Crippen LogP contribution in [0.1, 0.15) is 29.7 Å². The Morgan fingerprint density at radius 1 is 1.11 bits per heavy atom. The highest BCUT2D eigenvalue weighted by Gasteiger charge is 2.50. The molecule has 0 radical (unpaired) electrons. The summed E-state index contributed by atoms with van der Waals surface area (Å²) in [4.78, 5) is 16.0. The molecule has 0 saturated carbocycles. The molecule has 0 spiro atoms. The standard InChI is InChI=1S/C28H24N4O4/c1-17-25(19-8-6-18(15-29)7-9-19)30-32(21-10-12-22(34-2)13-11-21)26(17)27(33)31-24-16-35-28(31)36-23-5-3-4-20(24)14-23/h3-14,17,24,26,28H,16H2,1-2H3. The third-order valence-corrected chi connectivity index (χ3v) is 6.98. The molecule has 1 amide bonds. The predicted molar refractivity (Wildman–Crippen MR) is 133 cm³/mol. The van der Waals surface area contributed by atoms with Gasteiger partial charge in [-0.05, 0) is 59.7 Å². The number of benzene rings is 3. The van der Waals surface area contributed by atoms with Gasteiger partial charge in [0, 0.05) is 5.92 Å². The highest BCUT2D eigenvalue weighted by molar-refractivity contribution is 6.08. The molecule has 180 valence electrons. The topological polar surface area (TPSA) is 87.4 Å². The number of carbonyl (C=O) groups excluding carboxylic acids is 1. The number of anilines is 1. The maximum absolute atomic E-state index is 14.3. The van der Waals surface area contributed by atoms with Crippen LogP contribution in [0, 0.1) is 17.2 Å². The molecule has 3 aliphatic rings. The van der Waals surface area contributed by atoms with Crippen molar-refractivity contribution >= 4 is 17.3 Å². The van der Waals surface area contributed by atoms with E-state index in [0.29, 0.717) is 17.9 Å². The number of carbonyl (C=O) groups is 1. The van der Waals surface area contributed by atoms with Gasteiger partial charge in [0.25, 0.3) is 12.3 Å². The fourth-order valence-corrected chi connectivity index (χ4v) is 5.09. The smallest absolute Gasteiger partial charge is 0.286 e. The minimum absolute atomic E-state index is 0.124. The molecule has 1 fully saturated rings. The molecule has 4 unspecified atom stereocenters. The molecule has 3 aromatic rings. The van der Waals surface area contributed by atoms with Crippen LogP contribution in [0.5, 0.6) is 11.5 Å². The van der Waals surface area contributed by atoms with Crippen LogP contribution in [0.4, 0.5) is 5.69 Å². The van der Waals surface area contributed by atoms with Gasteiger partial charge in [-0.2, -0.15) is 10.4 Å². The van der Waals surface area contributed by atoms with Crippen LogP contribution in [0.2, 0.25) is 0 Å². The number of methoxy groups -OCH3 is 1.